The molecule has 1 aliphatic heterocycles. The van der Waals surface area contributed by atoms with Crippen LogP contribution in [0, 0.1) is 12.7 Å². The van der Waals surface area contributed by atoms with Gasteiger partial charge in [0.25, 0.3) is 5.92 Å². The Morgan fingerprint density at radius 2 is 2.08 bits per heavy atom. The van der Waals surface area contributed by atoms with Crippen LogP contribution in [0.2, 0.25) is 0 Å². The van der Waals surface area contributed by atoms with Crippen LogP contribution >= 0.6 is 11.3 Å². The standard InChI is InChI=1S/C28H26F3N5O3S/c1-16(36-10-9-28(30,31)21(14-36)19-4-8-26(37)33-12-19)27(38)35-25-7-5-20(13-32-25)39-24-6-3-18(11-22(24)29)23-15-40-17(2)34-23/h3-8,11-13,15-16,21H,9-10,14H2,1-2H3,(H,33,37)(H,32,35,38). The Morgan fingerprint density at radius 3 is 2.73 bits per heavy atom. The summed E-state index contributed by atoms with van der Waals surface area (Å²) in [7, 11) is 0. The highest BCUT2D eigenvalue weighted by molar-refractivity contribution is 7.09. The number of ether oxygens (including phenoxy) is 1. The third-order valence-corrected chi connectivity index (χ3v) is 7.63. The van der Waals surface area contributed by atoms with Crippen LogP contribution in [0.3, 0.4) is 0 Å². The number of carbonyl (C=O) groups excluding carboxylic acids is 1. The molecule has 1 aliphatic rings. The van der Waals surface area contributed by atoms with E-state index in [0.29, 0.717) is 16.8 Å². The number of amides is 1. The molecular weight excluding hydrogens is 543 g/mol. The summed E-state index contributed by atoms with van der Waals surface area (Å²) in [4.78, 5) is 36.9. The molecule has 2 atom stereocenters. The molecule has 1 fully saturated rings. The maximum atomic E-state index is 14.7. The van der Waals surface area contributed by atoms with Gasteiger partial charge in [0.05, 0.1) is 28.9 Å². The van der Waals surface area contributed by atoms with Gasteiger partial charge in [-0.2, -0.15) is 0 Å². The monoisotopic (exact) mass is 569 g/mol. The van der Waals surface area contributed by atoms with E-state index in [1.807, 2.05) is 12.3 Å². The molecule has 0 radical (unpaired) electrons. The Bertz CT molecular complexity index is 1550. The number of nitrogens with zero attached hydrogens (tertiary/aromatic N) is 3. The SMILES string of the molecule is Cc1nc(-c2ccc(Oc3ccc(NC(=O)C(C)N4CCC(F)(F)C(c5ccc(=O)[nH]c5)C4)nc3)c(F)c2)cs1. The maximum Gasteiger partial charge on any atom is 0.257 e. The number of aryl methyl sites for hydroxylation is 1. The Balaban J connectivity index is 1.20. The van der Waals surface area contributed by atoms with Gasteiger partial charge in [0.1, 0.15) is 11.6 Å². The number of H-pyrrole nitrogens is 1. The molecule has 0 aliphatic carbocycles. The number of piperidine rings is 1. The number of nitrogens with one attached hydrogen (secondary N) is 2. The van der Waals surface area contributed by atoms with Crippen molar-refractivity contribution in [2.45, 2.75) is 38.2 Å². The van der Waals surface area contributed by atoms with Crippen molar-refractivity contribution in [2.24, 2.45) is 0 Å². The lowest BCUT2D eigenvalue weighted by Gasteiger charge is -2.40. The fraction of sp³-hybridized carbons (Fsp3) is 0.286. The molecule has 1 amide bonds. The zero-order valence-electron chi connectivity index (χ0n) is 21.7. The molecule has 1 saturated heterocycles. The quantitative estimate of drug-likeness (QED) is 0.301. The molecule has 0 saturated carbocycles. The van der Waals surface area contributed by atoms with E-state index in [2.05, 4.69) is 20.3 Å². The second-order valence-corrected chi connectivity index (χ2v) is 10.7. The third-order valence-electron chi connectivity index (χ3n) is 6.86. The summed E-state index contributed by atoms with van der Waals surface area (Å²) in [6.45, 7) is 3.50. The predicted octanol–water partition coefficient (Wildman–Crippen LogP) is 5.59. The van der Waals surface area contributed by atoms with Gasteiger partial charge in [0.15, 0.2) is 11.6 Å². The molecule has 0 bridgehead atoms. The summed E-state index contributed by atoms with van der Waals surface area (Å²) in [6.07, 6.45) is 2.23. The lowest BCUT2D eigenvalue weighted by atomic mass is 9.87. The Kier molecular flexibility index (Phi) is 7.72. The van der Waals surface area contributed by atoms with Gasteiger partial charge in [0.2, 0.25) is 11.5 Å². The first-order valence-corrected chi connectivity index (χ1v) is 13.4. The molecule has 40 heavy (non-hydrogen) atoms. The van der Waals surface area contributed by atoms with Gasteiger partial charge in [-0.05, 0) is 49.7 Å². The van der Waals surface area contributed by atoms with Crippen molar-refractivity contribution in [3.63, 3.8) is 0 Å². The fourth-order valence-corrected chi connectivity index (χ4v) is 5.17. The van der Waals surface area contributed by atoms with Crippen molar-refractivity contribution in [3.05, 3.63) is 87.0 Å². The van der Waals surface area contributed by atoms with Crippen LogP contribution in [0.4, 0.5) is 19.0 Å². The lowest BCUT2D eigenvalue weighted by molar-refractivity contribution is -0.125. The van der Waals surface area contributed by atoms with E-state index >= 15 is 0 Å². The van der Waals surface area contributed by atoms with Crippen molar-refractivity contribution < 1.29 is 22.7 Å². The molecule has 8 nitrogen and oxygen atoms in total. The average Bonchev–Trinajstić information content (AvgIpc) is 3.37. The molecular formula is C28H26F3N5O3S. The summed E-state index contributed by atoms with van der Waals surface area (Å²) >= 11 is 1.48. The molecule has 0 spiro atoms. The number of halogens is 3. The number of alkyl halides is 2. The van der Waals surface area contributed by atoms with Gasteiger partial charge < -0.3 is 15.0 Å². The smallest absolute Gasteiger partial charge is 0.257 e. The minimum absolute atomic E-state index is 0.0156. The van der Waals surface area contributed by atoms with Crippen molar-refractivity contribution in [1.29, 1.82) is 0 Å². The highest BCUT2D eigenvalue weighted by atomic mass is 32.1. The molecule has 5 rings (SSSR count). The zero-order valence-corrected chi connectivity index (χ0v) is 22.5. The Morgan fingerprint density at radius 1 is 1.25 bits per heavy atom. The topological polar surface area (TPSA) is 100 Å². The number of benzene rings is 1. The van der Waals surface area contributed by atoms with Gasteiger partial charge >= 0.3 is 0 Å². The number of anilines is 1. The first-order valence-electron chi connectivity index (χ1n) is 12.6. The van der Waals surface area contributed by atoms with Crippen molar-refractivity contribution >= 4 is 23.1 Å². The van der Waals surface area contributed by atoms with Crippen molar-refractivity contribution in [1.82, 2.24) is 19.9 Å². The number of rotatable bonds is 7. The lowest BCUT2D eigenvalue weighted by Crippen LogP contribution is -2.52. The van der Waals surface area contributed by atoms with Gasteiger partial charge in [-0.15, -0.1) is 11.3 Å². The van der Waals surface area contributed by atoms with Crippen LogP contribution in [-0.4, -0.2) is 50.8 Å². The largest absolute Gasteiger partial charge is 0.453 e. The van der Waals surface area contributed by atoms with Gasteiger partial charge in [-0.1, -0.05) is 6.07 Å². The summed E-state index contributed by atoms with van der Waals surface area (Å²) in [5.41, 5.74) is 1.26. The van der Waals surface area contributed by atoms with Crippen LogP contribution in [0.25, 0.3) is 11.3 Å². The number of carbonyl (C=O) groups is 1. The van der Waals surface area contributed by atoms with Crippen molar-refractivity contribution in [2.75, 3.05) is 18.4 Å². The molecule has 2 N–H and O–H groups in total. The molecule has 12 heteroatoms. The fourth-order valence-electron chi connectivity index (χ4n) is 4.54. The normalized spacial score (nSPS) is 17.8. The van der Waals surface area contributed by atoms with E-state index in [0.717, 1.165) is 5.01 Å². The first kappa shape index (κ1) is 27.5. The Labute approximate surface area is 231 Å². The van der Waals surface area contributed by atoms with Crippen LogP contribution in [0.15, 0.2) is 65.0 Å². The second-order valence-electron chi connectivity index (χ2n) is 9.59. The van der Waals surface area contributed by atoms with E-state index in [9.17, 15) is 22.8 Å². The number of likely N-dealkylation sites (tertiary alicyclic amines) is 1. The minimum atomic E-state index is -2.97. The van der Waals surface area contributed by atoms with E-state index in [4.69, 9.17) is 4.74 Å². The van der Waals surface area contributed by atoms with Crippen LogP contribution in [0.1, 0.15) is 29.8 Å². The molecule has 3 aromatic heterocycles. The van der Waals surface area contributed by atoms with Crippen LogP contribution in [-0.2, 0) is 4.79 Å². The van der Waals surface area contributed by atoms with Crippen LogP contribution < -0.4 is 15.6 Å². The summed E-state index contributed by atoms with van der Waals surface area (Å²) < 4.78 is 49.7. The third kappa shape index (κ3) is 6.07. The molecule has 1 aromatic carbocycles. The molecule has 208 valence electrons. The van der Waals surface area contributed by atoms with E-state index < -0.39 is 36.0 Å². The summed E-state index contributed by atoms with van der Waals surface area (Å²) in [5.74, 6) is -4.58. The van der Waals surface area contributed by atoms with E-state index in [1.165, 1.54) is 60.1 Å². The number of pyridine rings is 2. The van der Waals surface area contributed by atoms with Gasteiger partial charge in [-0.3, -0.25) is 14.5 Å². The number of aromatic amines is 1. The maximum absolute atomic E-state index is 14.7. The van der Waals surface area contributed by atoms with E-state index in [1.54, 1.807) is 17.9 Å². The molecule has 4 aromatic rings. The first-order chi connectivity index (χ1) is 19.1. The zero-order chi connectivity index (χ0) is 28.4. The van der Waals surface area contributed by atoms with Gasteiger partial charge in [0, 0.05) is 42.7 Å². The predicted molar refractivity (Wildman–Crippen MR) is 146 cm³/mol. The van der Waals surface area contributed by atoms with Crippen LogP contribution in [0.5, 0.6) is 11.5 Å². The minimum Gasteiger partial charge on any atom is -0.453 e. The highest BCUT2D eigenvalue weighted by Crippen LogP contribution is 2.40. The van der Waals surface area contributed by atoms with Crippen molar-refractivity contribution in [3.8, 4) is 22.8 Å². The molecule has 2 unspecified atom stereocenters. The summed E-state index contributed by atoms with van der Waals surface area (Å²) in [5, 5.41) is 5.43. The Hall–Kier alpha value is -4.03. The highest BCUT2D eigenvalue weighted by Gasteiger charge is 2.46. The number of thiazole rings is 1. The van der Waals surface area contributed by atoms with E-state index in [-0.39, 0.29) is 36.0 Å². The summed E-state index contributed by atoms with van der Waals surface area (Å²) in [6, 6.07) is 9.52. The van der Waals surface area contributed by atoms with Gasteiger partial charge in [-0.25, -0.2) is 23.1 Å². The number of aromatic nitrogens is 3. The average molecular weight is 570 g/mol. The molecule has 4 heterocycles. The number of hydrogen-bond donors (Lipinski definition) is 2. The number of hydrogen-bond acceptors (Lipinski definition) is 7. The second kappa shape index (κ2) is 11.2.